The molecule has 2 N–H and O–H groups in total. The van der Waals surface area contributed by atoms with Gasteiger partial charge in [-0.2, -0.15) is 5.10 Å². The number of hydrogen-bond acceptors (Lipinski definition) is 5. The molecule has 132 valence electrons. The molecule has 1 aromatic heterocycles. The van der Waals surface area contributed by atoms with E-state index in [-0.39, 0.29) is 29.4 Å². The molecule has 2 saturated heterocycles. The monoisotopic (exact) mass is 364 g/mol. The van der Waals surface area contributed by atoms with Crippen molar-refractivity contribution in [2.45, 2.75) is 43.2 Å². The van der Waals surface area contributed by atoms with Gasteiger partial charge in [0.05, 0.1) is 12.2 Å². The summed E-state index contributed by atoms with van der Waals surface area (Å²) in [5, 5.41) is 7.48. The molecule has 3 rings (SSSR count). The molecule has 2 aliphatic rings. The van der Waals surface area contributed by atoms with Gasteiger partial charge >= 0.3 is 0 Å². The van der Waals surface area contributed by atoms with Gasteiger partial charge in [-0.25, -0.2) is 13.1 Å². The van der Waals surface area contributed by atoms with E-state index in [9.17, 15) is 8.42 Å². The Labute approximate surface area is 143 Å². The fourth-order valence-electron chi connectivity index (χ4n) is 3.02. The van der Waals surface area contributed by atoms with Crippen molar-refractivity contribution in [3.8, 4) is 0 Å². The summed E-state index contributed by atoms with van der Waals surface area (Å²) in [6.45, 7) is 5.11. The third kappa shape index (κ3) is 4.45. The van der Waals surface area contributed by atoms with Crippen molar-refractivity contribution >= 4 is 22.4 Å². The van der Waals surface area contributed by atoms with Gasteiger partial charge < -0.3 is 10.1 Å². The third-order valence-corrected chi connectivity index (χ3v) is 6.03. The summed E-state index contributed by atoms with van der Waals surface area (Å²) < 4.78 is 35.0. The fraction of sp³-hybridized carbons (Fsp3) is 0.786. The summed E-state index contributed by atoms with van der Waals surface area (Å²) in [7, 11) is -3.52. The van der Waals surface area contributed by atoms with Crippen LogP contribution in [0.3, 0.4) is 0 Å². The van der Waals surface area contributed by atoms with E-state index in [1.807, 2.05) is 0 Å². The highest BCUT2D eigenvalue weighted by atomic mass is 35.5. The van der Waals surface area contributed by atoms with Gasteiger partial charge in [0.1, 0.15) is 4.90 Å². The van der Waals surface area contributed by atoms with E-state index in [2.05, 4.69) is 22.1 Å². The first-order chi connectivity index (χ1) is 10.6. The highest BCUT2D eigenvalue weighted by Gasteiger charge is 2.28. The summed E-state index contributed by atoms with van der Waals surface area (Å²) in [5.74, 6) is 0.335. The Hall–Kier alpha value is -0.670. The summed E-state index contributed by atoms with van der Waals surface area (Å²) in [6.07, 6.45) is 5.81. The van der Waals surface area contributed by atoms with Crippen molar-refractivity contribution in [2.75, 3.05) is 26.3 Å². The average Bonchev–Trinajstić information content (AvgIpc) is 3.01. The maximum atomic E-state index is 12.5. The standard InChI is InChI=1S/C14H24N4O3S.ClH/c1-11-2-5-15-9-14(11)17-22(19,20)13-8-16-18(10-13)12-3-6-21-7-4-12;/h8,10-12,14-15,17H,2-7,9H2,1H3;1H. The second-order valence-corrected chi connectivity index (χ2v) is 7.91. The number of aromatic nitrogens is 2. The second kappa shape index (κ2) is 7.94. The van der Waals surface area contributed by atoms with Crippen molar-refractivity contribution in [3.63, 3.8) is 0 Å². The van der Waals surface area contributed by atoms with Crippen LogP contribution >= 0.6 is 12.4 Å². The summed E-state index contributed by atoms with van der Waals surface area (Å²) in [4.78, 5) is 0.247. The van der Waals surface area contributed by atoms with Crippen LogP contribution in [0.5, 0.6) is 0 Å². The van der Waals surface area contributed by atoms with E-state index >= 15 is 0 Å². The van der Waals surface area contributed by atoms with Crippen molar-refractivity contribution in [1.29, 1.82) is 0 Å². The Morgan fingerprint density at radius 2 is 2.09 bits per heavy atom. The van der Waals surface area contributed by atoms with Gasteiger partial charge in [-0.1, -0.05) is 6.92 Å². The van der Waals surface area contributed by atoms with Gasteiger partial charge in [0.2, 0.25) is 10.0 Å². The molecule has 3 heterocycles. The van der Waals surface area contributed by atoms with Crippen LogP contribution in [0.2, 0.25) is 0 Å². The predicted molar refractivity (Wildman–Crippen MR) is 89.3 cm³/mol. The first-order valence-electron chi connectivity index (χ1n) is 7.91. The molecule has 0 aliphatic carbocycles. The molecule has 2 unspecified atom stereocenters. The lowest BCUT2D eigenvalue weighted by molar-refractivity contribution is 0.0662. The van der Waals surface area contributed by atoms with Crippen LogP contribution in [-0.2, 0) is 14.8 Å². The molecule has 0 aromatic carbocycles. The zero-order chi connectivity index (χ0) is 15.6. The zero-order valence-electron chi connectivity index (χ0n) is 13.3. The molecule has 23 heavy (non-hydrogen) atoms. The van der Waals surface area contributed by atoms with E-state index < -0.39 is 10.0 Å². The summed E-state index contributed by atoms with van der Waals surface area (Å²) >= 11 is 0. The predicted octanol–water partition coefficient (Wildman–Crippen LogP) is 0.933. The second-order valence-electron chi connectivity index (χ2n) is 6.20. The molecule has 0 spiro atoms. The highest BCUT2D eigenvalue weighted by molar-refractivity contribution is 7.89. The minimum absolute atomic E-state index is 0. The van der Waals surface area contributed by atoms with E-state index in [1.165, 1.54) is 6.20 Å². The Morgan fingerprint density at radius 3 is 2.78 bits per heavy atom. The highest BCUT2D eigenvalue weighted by Crippen LogP contribution is 2.22. The lowest BCUT2D eigenvalue weighted by Gasteiger charge is -2.29. The number of piperidine rings is 1. The number of nitrogens with zero attached hydrogens (tertiary/aromatic N) is 2. The number of nitrogens with one attached hydrogen (secondary N) is 2. The number of rotatable bonds is 4. The third-order valence-electron chi connectivity index (χ3n) is 4.59. The Morgan fingerprint density at radius 1 is 1.35 bits per heavy atom. The molecule has 0 bridgehead atoms. The first-order valence-corrected chi connectivity index (χ1v) is 9.39. The maximum Gasteiger partial charge on any atom is 0.243 e. The summed E-state index contributed by atoms with van der Waals surface area (Å²) in [6, 6.07) is 0.165. The Kier molecular flexibility index (Phi) is 6.44. The minimum Gasteiger partial charge on any atom is -0.381 e. The molecule has 0 saturated carbocycles. The van der Waals surface area contributed by atoms with Crippen LogP contribution in [0.25, 0.3) is 0 Å². The SMILES string of the molecule is CC1CCNCC1NS(=O)(=O)c1cnn(C2CCOCC2)c1.Cl. The largest absolute Gasteiger partial charge is 0.381 e. The molecular weight excluding hydrogens is 340 g/mol. The van der Waals surface area contributed by atoms with Crippen molar-refractivity contribution < 1.29 is 13.2 Å². The van der Waals surface area contributed by atoms with Crippen molar-refractivity contribution in [1.82, 2.24) is 19.8 Å². The summed E-state index contributed by atoms with van der Waals surface area (Å²) in [5.41, 5.74) is 0. The Bertz CT molecular complexity index is 601. The van der Waals surface area contributed by atoms with Crippen LogP contribution in [-0.4, -0.2) is 50.5 Å². The van der Waals surface area contributed by atoms with E-state index in [0.29, 0.717) is 25.7 Å². The molecule has 2 fully saturated rings. The lowest BCUT2D eigenvalue weighted by atomic mass is 9.96. The molecule has 0 amide bonds. The lowest BCUT2D eigenvalue weighted by Crippen LogP contribution is -2.50. The van der Waals surface area contributed by atoms with Crippen molar-refractivity contribution in [2.24, 2.45) is 5.92 Å². The molecule has 7 nitrogen and oxygen atoms in total. The molecule has 2 atom stereocenters. The quantitative estimate of drug-likeness (QED) is 0.830. The molecule has 0 radical (unpaired) electrons. The molecular formula is C14H25ClN4O3S. The van der Waals surface area contributed by atoms with Crippen LogP contribution in [0.4, 0.5) is 0 Å². The molecule has 2 aliphatic heterocycles. The normalized spacial score (nSPS) is 26.7. The molecule has 1 aromatic rings. The van der Waals surface area contributed by atoms with Gasteiger partial charge in [0.25, 0.3) is 0 Å². The van der Waals surface area contributed by atoms with E-state index in [1.54, 1.807) is 10.9 Å². The van der Waals surface area contributed by atoms with E-state index in [0.717, 1.165) is 25.8 Å². The topological polar surface area (TPSA) is 85.3 Å². The fourth-order valence-corrected chi connectivity index (χ4v) is 4.31. The van der Waals surface area contributed by atoms with Gasteiger partial charge in [-0.15, -0.1) is 12.4 Å². The van der Waals surface area contributed by atoms with Gasteiger partial charge in [-0.05, 0) is 31.7 Å². The van der Waals surface area contributed by atoms with Crippen LogP contribution in [0, 0.1) is 5.92 Å². The average molecular weight is 365 g/mol. The van der Waals surface area contributed by atoms with Gasteiger partial charge in [0, 0.05) is 32.0 Å². The minimum atomic E-state index is -3.52. The zero-order valence-corrected chi connectivity index (χ0v) is 14.9. The maximum absolute atomic E-state index is 12.5. The van der Waals surface area contributed by atoms with Gasteiger partial charge in [-0.3, -0.25) is 4.68 Å². The Balaban J connectivity index is 0.00000192. The van der Waals surface area contributed by atoms with Crippen LogP contribution < -0.4 is 10.0 Å². The van der Waals surface area contributed by atoms with Gasteiger partial charge in [0.15, 0.2) is 0 Å². The molecule has 9 heteroatoms. The van der Waals surface area contributed by atoms with Crippen LogP contribution in [0.1, 0.15) is 32.2 Å². The first kappa shape index (κ1) is 18.7. The number of sulfonamides is 1. The number of ether oxygens (including phenoxy) is 1. The van der Waals surface area contributed by atoms with Crippen LogP contribution in [0.15, 0.2) is 17.3 Å². The van der Waals surface area contributed by atoms with Crippen molar-refractivity contribution in [3.05, 3.63) is 12.4 Å². The number of halogens is 1. The number of hydrogen-bond donors (Lipinski definition) is 2. The smallest absolute Gasteiger partial charge is 0.243 e. The van der Waals surface area contributed by atoms with E-state index in [4.69, 9.17) is 4.74 Å².